The van der Waals surface area contributed by atoms with Gasteiger partial charge in [-0.3, -0.25) is 14.6 Å². The van der Waals surface area contributed by atoms with Gasteiger partial charge in [0.15, 0.2) is 0 Å². The van der Waals surface area contributed by atoms with Crippen molar-refractivity contribution in [3.05, 3.63) is 72.6 Å². The van der Waals surface area contributed by atoms with E-state index in [9.17, 15) is 9.59 Å². The van der Waals surface area contributed by atoms with E-state index >= 15 is 0 Å². The van der Waals surface area contributed by atoms with E-state index in [0.29, 0.717) is 16.9 Å². The molecule has 6 nitrogen and oxygen atoms in total. The molecular weight excluding hydrogens is 404 g/mol. The second-order valence-electron chi connectivity index (χ2n) is 6.25. The minimum absolute atomic E-state index is 0.0437. The standard InChI is InChI=1S/C16H14N2O2S2.C5H6N2/c1-9-15(19)18-13-7-10(5-6-14(13)22-9)16(20)17-11-3-2-4-12(21)8-11;6-5-1-3-7-4-2-5/h2-9,21H,1H3,(H,17,20)(H,18,19);1-4H,(H2,6,7). The van der Waals surface area contributed by atoms with E-state index in [2.05, 4.69) is 28.2 Å². The van der Waals surface area contributed by atoms with Crippen LogP contribution in [0.25, 0.3) is 0 Å². The Kier molecular flexibility index (Phi) is 6.79. The van der Waals surface area contributed by atoms with Crippen molar-refractivity contribution in [3.8, 4) is 0 Å². The van der Waals surface area contributed by atoms with Crippen molar-refractivity contribution in [2.24, 2.45) is 0 Å². The van der Waals surface area contributed by atoms with Crippen molar-refractivity contribution < 1.29 is 9.59 Å². The number of thiol groups is 1. The van der Waals surface area contributed by atoms with E-state index in [1.165, 1.54) is 11.8 Å². The molecule has 0 spiro atoms. The lowest BCUT2D eigenvalue weighted by Crippen LogP contribution is -2.26. The molecule has 1 unspecified atom stereocenters. The zero-order chi connectivity index (χ0) is 20.8. The lowest BCUT2D eigenvalue weighted by atomic mass is 10.1. The maximum absolute atomic E-state index is 12.3. The highest BCUT2D eigenvalue weighted by Crippen LogP contribution is 2.36. The molecule has 0 fully saturated rings. The number of nitrogens with zero attached hydrogens (tertiary/aromatic N) is 1. The first-order valence-corrected chi connectivity index (χ1v) is 10.1. The molecule has 4 rings (SSSR count). The van der Waals surface area contributed by atoms with Gasteiger partial charge >= 0.3 is 0 Å². The van der Waals surface area contributed by atoms with Gasteiger partial charge in [-0.05, 0) is 55.5 Å². The highest BCUT2D eigenvalue weighted by atomic mass is 32.2. The Morgan fingerprint density at radius 2 is 1.93 bits per heavy atom. The van der Waals surface area contributed by atoms with Crippen LogP contribution in [-0.4, -0.2) is 22.0 Å². The highest BCUT2D eigenvalue weighted by molar-refractivity contribution is 8.00. The number of pyridine rings is 1. The summed E-state index contributed by atoms with van der Waals surface area (Å²) in [5, 5.41) is 5.52. The monoisotopic (exact) mass is 424 g/mol. The van der Waals surface area contributed by atoms with Crippen molar-refractivity contribution in [2.45, 2.75) is 22.0 Å². The number of fused-ring (bicyclic) bond motifs is 1. The van der Waals surface area contributed by atoms with Crippen LogP contribution in [-0.2, 0) is 4.79 Å². The third-order valence-electron chi connectivity index (χ3n) is 3.98. The van der Waals surface area contributed by atoms with Crippen LogP contribution in [0.15, 0.2) is 76.8 Å². The summed E-state index contributed by atoms with van der Waals surface area (Å²) >= 11 is 5.74. The Bertz CT molecular complexity index is 1030. The Morgan fingerprint density at radius 3 is 2.59 bits per heavy atom. The van der Waals surface area contributed by atoms with Crippen LogP contribution in [0.4, 0.5) is 17.1 Å². The molecule has 2 aromatic carbocycles. The number of benzene rings is 2. The van der Waals surface area contributed by atoms with E-state index in [0.717, 1.165) is 15.5 Å². The van der Waals surface area contributed by atoms with E-state index in [1.807, 2.05) is 25.1 Å². The summed E-state index contributed by atoms with van der Waals surface area (Å²) in [6.07, 6.45) is 3.32. The van der Waals surface area contributed by atoms with Gasteiger partial charge in [-0.1, -0.05) is 6.07 Å². The second-order valence-corrected chi connectivity index (χ2v) is 8.14. The molecular formula is C21H20N4O2S2. The molecule has 4 N–H and O–H groups in total. The van der Waals surface area contributed by atoms with E-state index in [-0.39, 0.29) is 17.1 Å². The summed E-state index contributed by atoms with van der Waals surface area (Å²) in [5.41, 5.74) is 7.94. The van der Waals surface area contributed by atoms with Gasteiger partial charge in [0.2, 0.25) is 5.91 Å². The number of hydrogen-bond acceptors (Lipinski definition) is 6. The fraction of sp³-hybridized carbons (Fsp3) is 0.0952. The summed E-state index contributed by atoms with van der Waals surface area (Å²) in [6.45, 7) is 1.86. The molecule has 0 saturated carbocycles. The van der Waals surface area contributed by atoms with Crippen molar-refractivity contribution in [3.63, 3.8) is 0 Å². The molecule has 1 atom stereocenters. The van der Waals surface area contributed by atoms with Gasteiger partial charge in [0.1, 0.15) is 0 Å². The fourth-order valence-electron chi connectivity index (χ4n) is 2.50. The number of aromatic nitrogens is 1. The number of carbonyl (C=O) groups excluding carboxylic acids is 2. The molecule has 1 aliphatic heterocycles. The first-order chi connectivity index (χ1) is 13.9. The van der Waals surface area contributed by atoms with Crippen molar-refractivity contribution in [1.82, 2.24) is 4.98 Å². The van der Waals surface area contributed by atoms with Crippen LogP contribution < -0.4 is 16.4 Å². The third-order valence-corrected chi connectivity index (χ3v) is 5.44. The van der Waals surface area contributed by atoms with Gasteiger partial charge in [-0.25, -0.2) is 0 Å². The number of hydrogen-bond donors (Lipinski definition) is 4. The van der Waals surface area contributed by atoms with Crippen LogP contribution in [0.3, 0.4) is 0 Å². The molecule has 0 radical (unpaired) electrons. The molecule has 8 heteroatoms. The smallest absolute Gasteiger partial charge is 0.255 e. The quantitative estimate of drug-likeness (QED) is 0.459. The number of nitrogens with two attached hydrogens (primary N) is 1. The highest BCUT2D eigenvalue weighted by Gasteiger charge is 2.23. The minimum atomic E-state index is -0.223. The lowest BCUT2D eigenvalue weighted by Gasteiger charge is -2.21. The zero-order valence-electron chi connectivity index (χ0n) is 15.6. The molecule has 29 heavy (non-hydrogen) atoms. The Balaban J connectivity index is 0.000000290. The van der Waals surface area contributed by atoms with Gasteiger partial charge in [0, 0.05) is 39.1 Å². The molecule has 0 bridgehead atoms. The first kappa shape index (κ1) is 20.8. The van der Waals surface area contributed by atoms with Crippen LogP contribution in [0, 0.1) is 0 Å². The van der Waals surface area contributed by atoms with Crippen molar-refractivity contribution >= 4 is 53.3 Å². The predicted octanol–water partition coefficient (Wildman–Crippen LogP) is 4.32. The van der Waals surface area contributed by atoms with E-state index in [1.54, 1.807) is 48.8 Å². The zero-order valence-corrected chi connectivity index (χ0v) is 17.3. The van der Waals surface area contributed by atoms with Crippen LogP contribution in [0.1, 0.15) is 17.3 Å². The van der Waals surface area contributed by atoms with E-state index < -0.39 is 0 Å². The molecule has 148 valence electrons. The molecule has 0 aliphatic carbocycles. The second kappa shape index (κ2) is 9.49. The van der Waals surface area contributed by atoms with Gasteiger partial charge in [-0.15, -0.1) is 24.4 Å². The number of carbonyl (C=O) groups is 2. The molecule has 1 aromatic heterocycles. The maximum atomic E-state index is 12.3. The van der Waals surface area contributed by atoms with Crippen molar-refractivity contribution in [1.29, 1.82) is 0 Å². The Labute approximate surface area is 178 Å². The maximum Gasteiger partial charge on any atom is 0.255 e. The Morgan fingerprint density at radius 1 is 1.17 bits per heavy atom. The van der Waals surface area contributed by atoms with Crippen LogP contribution in [0.5, 0.6) is 0 Å². The number of nitrogens with one attached hydrogen (secondary N) is 2. The van der Waals surface area contributed by atoms with Gasteiger partial charge in [-0.2, -0.15) is 0 Å². The Hall–Kier alpha value is -2.97. The SMILES string of the molecule is CC1Sc2ccc(C(=O)Nc3cccc(S)c3)cc2NC1=O.Nc1ccncc1. The number of rotatable bonds is 2. The normalized spacial score (nSPS) is 14.7. The summed E-state index contributed by atoms with van der Waals surface area (Å²) < 4.78 is 0. The molecule has 0 saturated heterocycles. The molecule has 1 aliphatic rings. The minimum Gasteiger partial charge on any atom is -0.399 e. The largest absolute Gasteiger partial charge is 0.399 e. The first-order valence-electron chi connectivity index (χ1n) is 8.80. The fourth-order valence-corrected chi connectivity index (χ4v) is 3.66. The average Bonchev–Trinajstić information content (AvgIpc) is 2.69. The van der Waals surface area contributed by atoms with Crippen molar-refractivity contribution in [2.75, 3.05) is 16.4 Å². The van der Waals surface area contributed by atoms with E-state index in [4.69, 9.17) is 5.73 Å². The summed E-state index contributed by atoms with van der Waals surface area (Å²) in [5.74, 6) is -0.266. The summed E-state index contributed by atoms with van der Waals surface area (Å²) in [7, 11) is 0. The van der Waals surface area contributed by atoms with Crippen LogP contribution in [0.2, 0.25) is 0 Å². The summed E-state index contributed by atoms with van der Waals surface area (Å²) in [4.78, 5) is 29.5. The third kappa shape index (κ3) is 5.75. The molecule has 2 heterocycles. The molecule has 3 aromatic rings. The van der Waals surface area contributed by atoms with Gasteiger partial charge < -0.3 is 16.4 Å². The number of anilines is 3. The topological polar surface area (TPSA) is 97.1 Å². The molecule has 2 amide bonds. The number of nitrogen functional groups attached to an aromatic ring is 1. The van der Waals surface area contributed by atoms with Gasteiger partial charge in [0.25, 0.3) is 5.91 Å². The van der Waals surface area contributed by atoms with Crippen LogP contribution >= 0.6 is 24.4 Å². The van der Waals surface area contributed by atoms with Gasteiger partial charge in [0.05, 0.1) is 10.9 Å². The number of amides is 2. The predicted molar refractivity (Wildman–Crippen MR) is 121 cm³/mol. The number of thioether (sulfide) groups is 1. The average molecular weight is 425 g/mol. The lowest BCUT2D eigenvalue weighted by molar-refractivity contribution is -0.115. The summed E-state index contributed by atoms with van der Waals surface area (Å²) in [6, 6.07) is 16.1.